The maximum absolute atomic E-state index is 13.3. The number of amides is 2. The van der Waals surface area contributed by atoms with E-state index in [1.165, 1.54) is 6.33 Å². The van der Waals surface area contributed by atoms with Gasteiger partial charge >= 0.3 is 0 Å². The summed E-state index contributed by atoms with van der Waals surface area (Å²) in [6.45, 7) is 3.29. The monoisotopic (exact) mass is 462 g/mol. The molecule has 1 saturated heterocycles. The number of aromatic nitrogens is 3. The number of halogens is 1. The lowest BCUT2D eigenvalue weighted by Crippen LogP contribution is -2.58. The largest absolute Gasteiger partial charge is 0.383 e. The third-order valence-corrected chi connectivity index (χ3v) is 6.38. The van der Waals surface area contributed by atoms with Crippen LogP contribution in [0.1, 0.15) is 29.4 Å². The highest BCUT2D eigenvalue weighted by molar-refractivity contribution is 6.31. The predicted molar refractivity (Wildman–Crippen MR) is 128 cm³/mol. The highest BCUT2D eigenvalue weighted by Gasteiger charge is 2.37. The molecule has 2 amide bonds. The van der Waals surface area contributed by atoms with Crippen molar-refractivity contribution in [3.63, 3.8) is 0 Å². The van der Waals surface area contributed by atoms with E-state index in [1.807, 2.05) is 37.3 Å². The SMILES string of the molecule is CC[C@H]1C(=O)N(Cc2ccc3c(N)ncnc3c2)CCN1C(=O)c1cc2cc(Cl)ccc2[nH]1. The van der Waals surface area contributed by atoms with Crippen LogP contribution in [0.15, 0.2) is 48.8 Å². The molecule has 1 fully saturated rings. The molecule has 0 aliphatic carbocycles. The first kappa shape index (κ1) is 21.2. The lowest BCUT2D eigenvalue weighted by Gasteiger charge is -2.40. The van der Waals surface area contributed by atoms with Crippen LogP contribution >= 0.6 is 11.6 Å². The molecule has 8 nitrogen and oxygen atoms in total. The molecule has 1 aliphatic heterocycles. The Morgan fingerprint density at radius 2 is 2.03 bits per heavy atom. The molecule has 168 valence electrons. The number of aromatic amines is 1. The van der Waals surface area contributed by atoms with Crippen molar-refractivity contribution in [1.82, 2.24) is 24.8 Å². The van der Waals surface area contributed by atoms with Crippen molar-refractivity contribution in [1.29, 1.82) is 0 Å². The zero-order valence-electron chi connectivity index (χ0n) is 18.1. The molecule has 33 heavy (non-hydrogen) atoms. The number of piperazine rings is 1. The summed E-state index contributed by atoms with van der Waals surface area (Å²) >= 11 is 6.07. The van der Waals surface area contributed by atoms with Crippen molar-refractivity contribution >= 4 is 51.0 Å². The first-order valence-electron chi connectivity index (χ1n) is 10.8. The Balaban J connectivity index is 1.35. The quantitative estimate of drug-likeness (QED) is 0.481. The summed E-state index contributed by atoms with van der Waals surface area (Å²) in [7, 11) is 0. The molecule has 3 heterocycles. The molecule has 0 unspecified atom stereocenters. The Kier molecular flexibility index (Phi) is 5.38. The average Bonchev–Trinajstić information content (AvgIpc) is 3.23. The van der Waals surface area contributed by atoms with Gasteiger partial charge in [-0.25, -0.2) is 9.97 Å². The standard InChI is InChI=1S/C24H23ClN6O2/c1-2-21-24(33)30(12-14-3-5-17-19(9-14)27-13-28-22(17)26)7-8-31(21)23(32)20-11-15-10-16(25)4-6-18(15)29-20/h3-6,9-11,13,21,29H,2,7-8,12H2,1H3,(H2,26,27,28)/t21-/m0/s1. The van der Waals surface area contributed by atoms with Gasteiger partial charge in [0, 0.05) is 40.9 Å². The van der Waals surface area contributed by atoms with Gasteiger partial charge in [-0.3, -0.25) is 9.59 Å². The van der Waals surface area contributed by atoms with Gasteiger partial charge in [-0.2, -0.15) is 0 Å². The predicted octanol–water partition coefficient (Wildman–Crippen LogP) is 3.61. The molecule has 0 spiro atoms. The maximum Gasteiger partial charge on any atom is 0.271 e. The normalized spacial score (nSPS) is 16.7. The zero-order valence-corrected chi connectivity index (χ0v) is 18.8. The summed E-state index contributed by atoms with van der Waals surface area (Å²) in [6, 6.07) is 12.4. The topological polar surface area (TPSA) is 108 Å². The number of nitrogen functional groups attached to an aromatic ring is 1. The Bertz CT molecular complexity index is 1380. The molecular formula is C24H23ClN6O2. The highest BCUT2D eigenvalue weighted by atomic mass is 35.5. The van der Waals surface area contributed by atoms with E-state index in [0.717, 1.165) is 27.4 Å². The van der Waals surface area contributed by atoms with E-state index in [1.54, 1.807) is 21.9 Å². The molecule has 2 aromatic heterocycles. The fraction of sp³-hybridized carbons (Fsp3) is 0.250. The fourth-order valence-corrected chi connectivity index (χ4v) is 4.63. The minimum Gasteiger partial charge on any atom is -0.383 e. The molecular weight excluding hydrogens is 440 g/mol. The van der Waals surface area contributed by atoms with E-state index in [0.29, 0.717) is 42.6 Å². The second-order valence-corrected chi connectivity index (χ2v) is 8.64. The molecule has 4 aromatic rings. The van der Waals surface area contributed by atoms with Gasteiger partial charge in [0.1, 0.15) is 23.9 Å². The number of fused-ring (bicyclic) bond motifs is 2. The Morgan fingerprint density at radius 3 is 2.85 bits per heavy atom. The van der Waals surface area contributed by atoms with E-state index in [2.05, 4.69) is 15.0 Å². The van der Waals surface area contributed by atoms with Crippen molar-refractivity contribution in [2.45, 2.75) is 25.9 Å². The van der Waals surface area contributed by atoms with Gasteiger partial charge < -0.3 is 20.5 Å². The first-order chi connectivity index (χ1) is 15.9. The van der Waals surface area contributed by atoms with Gasteiger partial charge in [0.05, 0.1) is 5.52 Å². The van der Waals surface area contributed by atoms with E-state index in [-0.39, 0.29) is 11.8 Å². The van der Waals surface area contributed by atoms with Crippen molar-refractivity contribution in [2.24, 2.45) is 0 Å². The second-order valence-electron chi connectivity index (χ2n) is 8.21. The van der Waals surface area contributed by atoms with Gasteiger partial charge in [0.15, 0.2) is 0 Å². The number of carbonyl (C=O) groups excluding carboxylic acids is 2. The van der Waals surface area contributed by atoms with Crippen LogP contribution in [0.5, 0.6) is 0 Å². The summed E-state index contributed by atoms with van der Waals surface area (Å²) in [6.07, 6.45) is 1.97. The van der Waals surface area contributed by atoms with Crippen LogP contribution in [-0.4, -0.2) is 55.7 Å². The Morgan fingerprint density at radius 1 is 1.18 bits per heavy atom. The number of benzene rings is 2. The lowest BCUT2D eigenvalue weighted by atomic mass is 10.1. The van der Waals surface area contributed by atoms with Gasteiger partial charge in [0.2, 0.25) is 5.91 Å². The van der Waals surface area contributed by atoms with E-state index in [4.69, 9.17) is 17.3 Å². The molecule has 1 aliphatic rings. The molecule has 0 bridgehead atoms. The van der Waals surface area contributed by atoms with E-state index in [9.17, 15) is 9.59 Å². The highest BCUT2D eigenvalue weighted by Crippen LogP contribution is 2.25. The summed E-state index contributed by atoms with van der Waals surface area (Å²) < 4.78 is 0. The van der Waals surface area contributed by atoms with Crippen LogP contribution < -0.4 is 5.73 Å². The Hall–Kier alpha value is -3.65. The minimum absolute atomic E-state index is 0.0569. The maximum atomic E-state index is 13.3. The molecule has 0 saturated carbocycles. The molecule has 3 N–H and O–H groups in total. The molecule has 1 atom stereocenters. The first-order valence-corrected chi connectivity index (χ1v) is 11.2. The van der Waals surface area contributed by atoms with Crippen molar-refractivity contribution < 1.29 is 9.59 Å². The van der Waals surface area contributed by atoms with Crippen LogP contribution in [0.25, 0.3) is 21.8 Å². The van der Waals surface area contributed by atoms with Gasteiger partial charge in [-0.15, -0.1) is 0 Å². The molecule has 9 heteroatoms. The summed E-state index contributed by atoms with van der Waals surface area (Å²) in [5.74, 6) is 0.193. The van der Waals surface area contributed by atoms with Crippen molar-refractivity contribution in [3.8, 4) is 0 Å². The van der Waals surface area contributed by atoms with Gasteiger partial charge in [0.25, 0.3) is 5.91 Å². The molecule has 5 rings (SSSR count). The van der Waals surface area contributed by atoms with Crippen LogP contribution in [-0.2, 0) is 11.3 Å². The Labute approximate surface area is 195 Å². The minimum atomic E-state index is -0.514. The second kappa shape index (κ2) is 8.37. The van der Waals surface area contributed by atoms with Crippen LogP contribution in [0.4, 0.5) is 5.82 Å². The van der Waals surface area contributed by atoms with Crippen LogP contribution in [0, 0.1) is 0 Å². The lowest BCUT2D eigenvalue weighted by molar-refractivity contribution is -0.141. The summed E-state index contributed by atoms with van der Waals surface area (Å²) in [5.41, 5.74) is 8.90. The van der Waals surface area contributed by atoms with Crippen LogP contribution in [0.2, 0.25) is 5.02 Å². The number of nitrogens with zero attached hydrogens (tertiary/aromatic N) is 4. The van der Waals surface area contributed by atoms with Crippen LogP contribution in [0.3, 0.4) is 0 Å². The van der Waals surface area contributed by atoms with Gasteiger partial charge in [-0.1, -0.05) is 24.6 Å². The number of carbonyl (C=O) groups is 2. The average molecular weight is 463 g/mol. The third kappa shape index (κ3) is 3.87. The van der Waals surface area contributed by atoms with E-state index >= 15 is 0 Å². The smallest absolute Gasteiger partial charge is 0.271 e. The summed E-state index contributed by atoms with van der Waals surface area (Å²) in [4.78, 5) is 41.5. The number of hydrogen-bond acceptors (Lipinski definition) is 5. The van der Waals surface area contributed by atoms with Crippen molar-refractivity contribution in [2.75, 3.05) is 18.8 Å². The molecule has 2 aromatic carbocycles. The number of H-pyrrole nitrogens is 1. The molecule has 0 radical (unpaired) electrons. The number of rotatable bonds is 4. The number of nitrogens with two attached hydrogens (primary N) is 1. The zero-order chi connectivity index (χ0) is 23.1. The fourth-order valence-electron chi connectivity index (χ4n) is 4.45. The van der Waals surface area contributed by atoms with Crippen molar-refractivity contribution in [3.05, 3.63) is 65.1 Å². The van der Waals surface area contributed by atoms with E-state index < -0.39 is 6.04 Å². The number of nitrogens with one attached hydrogen (secondary N) is 1. The van der Waals surface area contributed by atoms with Gasteiger partial charge in [-0.05, 0) is 48.4 Å². The third-order valence-electron chi connectivity index (χ3n) is 6.15. The number of hydrogen-bond donors (Lipinski definition) is 2. The summed E-state index contributed by atoms with van der Waals surface area (Å²) in [5, 5.41) is 2.26. The number of anilines is 1.